The first-order chi connectivity index (χ1) is 7.59. The second kappa shape index (κ2) is 4.27. The highest BCUT2D eigenvalue weighted by atomic mass is 35.5. The molecule has 0 aromatic heterocycles. The first-order valence-corrected chi connectivity index (χ1v) is 5.37. The van der Waals surface area contributed by atoms with Crippen molar-refractivity contribution in [3.63, 3.8) is 0 Å². The number of anilines is 2. The molecule has 0 saturated heterocycles. The lowest BCUT2D eigenvalue weighted by atomic mass is 10.2. The van der Waals surface area contributed by atoms with E-state index < -0.39 is 0 Å². The Morgan fingerprint density at radius 1 is 1.50 bits per heavy atom. The molecule has 16 heavy (non-hydrogen) atoms. The van der Waals surface area contributed by atoms with Gasteiger partial charge in [-0.2, -0.15) is 0 Å². The molecule has 1 aromatic carbocycles. The van der Waals surface area contributed by atoms with Crippen molar-refractivity contribution in [2.45, 2.75) is 0 Å². The minimum Gasteiger partial charge on any atom is -0.504 e. The van der Waals surface area contributed by atoms with E-state index in [1.165, 1.54) is 6.07 Å². The molecular formula is C9H10Cl2N4O. The van der Waals surface area contributed by atoms with Gasteiger partial charge in [0.25, 0.3) is 0 Å². The van der Waals surface area contributed by atoms with E-state index in [4.69, 9.17) is 28.9 Å². The molecule has 1 aliphatic rings. The maximum atomic E-state index is 9.57. The lowest BCUT2D eigenvalue weighted by Gasteiger charge is -2.12. The van der Waals surface area contributed by atoms with Gasteiger partial charge in [0.2, 0.25) is 0 Å². The van der Waals surface area contributed by atoms with E-state index in [0.717, 1.165) is 6.54 Å². The fourth-order valence-electron chi connectivity index (χ4n) is 1.34. The Kier molecular flexibility index (Phi) is 2.98. The maximum absolute atomic E-state index is 9.57. The Morgan fingerprint density at radius 2 is 2.25 bits per heavy atom. The summed E-state index contributed by atoms with van der Waals surface area (Å²) in [5.74, 6) is 0.389. The average molecular weight is 261 g/mol. The predicted molar refractivity (Wildman–Crippen MR) is 66.5 cm³/mol. The zero-order valence-corrected chi connectivity index (χ0v) is 9.73. The fourth-order valence-corrected chi connectivity index (χ4v) is 1.91. The zero-order chi connectivity index (χ0) is 11.7. The molecule has 0 amide bonds. The van der Waals surface area contributed by atoms with Crippen LogP contribution < -0.4 is 16.4 Å². The standard InChI is InChI=1S/C9H10Cl2N4O/c10-4-3-5(12)8(16)6(11)7(4)15-9-13-1-2-14-9/h3,16H,1-2,12H2,(H2,13,14,15). The number of hydrogen-bond acceptors (Lipinski definition) is 5. The summed E-state index contributed by atoms with van der Waals surface area (Å²) >= 11 is 11.9. The number of nitrogens with two attached hydrogens (primary N) is 1. The van der Waals surface area contributed by atoms with Crippen molar-refractivity contribution in [1.82, 2.24) is 5.32 Å². The lowest BCUT2D eigenvalue weighted by Crippen LogP contribution is -2.26. The summed E-state index contributed by atoms with van der Waals surface area (Å²) in [6.07, 6.45) is 0. The monoisotopic (exact) mass is 260 g/mol. The number of halogens is 2. The van der Waals surface area contributed by atoms with Gasteiger partial charge in [0.15, 0.2) is 11.7 Å². The van der Waals surface area contributed by atoms with E-state index in [9.17, 15) is 5.11 Å². The SMILES string of the molecule is Nc1cc(Cl)c(NC2=NCCN2)c(Cl)c1O. The highest BCUT2D eigenvalue weighted by Crippen LogP contribution is 2.41. The summed E-state index contributed by atoms with van der Waals surface area (Å²) in [5, 5.41) is 15.9. The summed E-state index contributed by atoms with van der Waals surface area (Å²) in [6.45, 7) is 1.46. The number of phenols is 1. The smallest absolute Gasteiger partial charge is 0.196 e. The Morgan fingerprint density at radius 3 is 2.88 bits per heavy atom. The number of nitrogens with one attached hydrogen (secondary N) is 2. The van der Waals surface area contributed by atoms with Crippen LogP contribution in [0.1, 0.15) is 0 Å². The van der Waals surface area contributed by atoms with E-state index in [1.54, 1.807) is 0 Å². The summed E-state index contributed by atoms with van der Waals surface area (Å²) < 4.78 is 0. The van der Waals surface area contributed by atoms with Crippen LogP contribution in [0.5, 0.6) is 5.75 Å². The van der Waals surface area contributed by atoms with Gasteiger partial charge in [0.05, 0.1) is 22.9 Å². The van der Waals surface area contributed by atoms with Crippen molar-refractivity contribution in [1.29, 1.82) is 0 Å². The van der Waals surface area contributed by atoms with E-state index >= 15 is 0 Å². The van der Waals surface area contributed by atoms with E-state index in [2.05, 4.69) is 15.6 Å². The molecule has 0 spiro atoms. The Labute approximate surface area is 102 Å². The number of nitrogens with zero attached hydrogens (tertiary/aromatic N) is 1. The van der Waals surface area contributed by atoms with Crippen LogP contribution in [0.4, 0.5) is 11.4 Å². The quantitative estimate of drug-likeness (QED) is 0.457. The van der Waals surface area contributed by atoms with E-state index in [-0.39, 0.29) is 16.5 Å². The number of guanidine groups is 1. The van der Waals surface area contributed by atoms with Crippen LogP contribution >= 0.6 is 23.2 Å². The third-order valence-corrected chi connectivity index (χ3v) is 2.81. The van der Waals surface area contributed by atoms with Crippen molar-refractivity contribution in [2.24, 2.45) is 4.99 Å². The second-order valence-electron chi connectivity index (χ2n) is 3.27. The molecule has 0 atom stereocenters. The average Bonchev–Trinajstić information content (AvgIpc) is 2.74. The van der Waals surface area contributed by atoms with Gasteiger partial charge >= 0.3 is 0 Å². The van der Waals surface area contributed by atoms with Crippen molar-refractivity contribution in [3.8, 4) is 5.75 Å². The topological polar surface area (TPSA) is 82.7 Å². The number of benzene rings is 1. The van der Waals surface area contributed by atoms with Crippen LogP contribution in [-0.4, -0.2) is 24.2 Å². The van der Waals surface area contributed by atoms with Crippen LogP contribution in [0.25, 0.3) is 0 Å². The number of aliphatic imine (C=N–C) groups is 1. The highest BCUT2D eigenvalue weighted by Gasteiger charge is 2.16. The van der Waals surface area contributed by atoms with Crippen molar-refractivity contribution in [3.05, 3.63) is 16.1 Å². The number of rotatable bonds is 1. The molecule has 0 fully saturated rings. The number of phenolic OH excluding ortho intramolecular Hbond substituents is 1. The van der Waals surface area contributed by atoms with Gasteiger partial charge in [-0.1, -0.05) is 23.2 Å². The normalized spacial score (nSPS) is 14.5. The molecule has 1 aliphatic heterocycles. The molecular weight excluding hydrogens is 251 g/mol. The molecule has 1 aromatic rings. The van der Waals surface area contributed by atoms with Gasteiger partial charge in [-0.15, -0.1) is 0 Å². The van der Waals surface area contributed by atoms with E-state index in [0.29, 0.717) is 23.2 Å². The third-order valence-electron chi connectivity index (χ3n) is 2.14. The molecule has 7 heteroatoms. The molecule has 5 nitrogen and oxygen atoms in total. The fraction of sp³-hybridized carbons (Fsp3) is 0.222. The molecule has 0 radical (unpaired) electrons. The van der Waals surface area contributed by atoms with Crippen LogP contribution in [0.15, 0.2) is 11.1 Å². The first-order valence-electron chi connectivity index (χ1n) is 4.61. The second-order valence-corrected chi connectivity index (χ2v) is 4.05. The van der Waals surface area contributed by atoms with Gasteiger partial charge in [0, 0.05) is 6.54 Å². The highest BCUT2D eigenvalue weighted by molar-refractivity contribution is 6.41. The van der Waals surface area contributed by atoms with Crippen molar-refractivity contribution >= 4 is 40.5 Å². The van der Waals surface area contributed by atoms with Gasteiger partial charge in [-0.05, 0) is 6.07 Å². The number of aromatic hydroxyl groups is 1. The molecule has 86 valence electrons. The van der Waals surface area contributed by atoms with E-state index in [1.807, 2.05) is 0 Å². The van der Waals surface area contributed by atoms with Gasteiger partial charge < -0.3 is 21.5 Å². The molecule has 0 bridgehead atoms. The minimum atomic E-state index is -0.188. The lowest BCUT2D eigenvalue weighted by molar-refractivity contribution is 0.478. The van der Waals surface area contributed by atoms with Crippen LogP contribution in [0.3, 0.4) is 0 Å². The number of nitrogen functional groups attached to an aromatic ring is 1. The van der Waals surface area contributed by atoms with Gasteiger partial charge in [0.1, 0.15) is 5.02 Å². The van der Waals surface area contributed by atoms with Crippen molar-refractivity contribution < 1.29 is 5.11 Å². The van der Waals surface area contributed by atoms with Crippen molar-refractivity contribution in [2.75, 3.05) is 24.1 Å². The summed E-state index contributed by atoms with van der Waals surface area (Å²) in [5.41, 5.74) is 6.04. The Bertz CT molecular complexity index is 461. The predicted octanol–water partition coefficient (Wildman–Crippen LogP) is 1.65. The first kappa shape index (κ1) is 11.2. The largest absolute Gasteiger partial charge is 0.504 e. The molecule has 1 heterocycles. The molecule has 5 N–H and O–H groups in total. The Hall–Kier alpha value is -1.33. The maximum Gasteiger partial charge on any atom is 0.196 e. The van der Waals surface area contributed by atoms with Crippen LogP contribution in [-0.2, 0) is 0 Å². The summed E-state index contributed by atoms with van der Waals surface area (Å²) in [4.78, 5) is 4.13. The Balaban J connectivity index is 2.36. The van der Waals surface area contributed by atoms with Crippen LogP contribution in [0, 0.1) is 0 Å². The molecule has 2 rings (SSSR count). The molecule has 0 saturated carbocycles. The molecule has 0 aliphatic carbocycles. The van der Waals surface area contributed by atoms with Gasteiger partial charge in [-0.25, -0.2) is 0 Å². The summed E-state index contributed by atoms with van der Waals surface area (Å²) in [6, 6.07) is 1.43. The third kappa shape index (κ3) is 1.96. The van der Waals surface area contributed by atoms with Gasteiger partial charge in [-0.3, -0.25) is 4.99 Å². The number of hydrogen-bond donors (Lipinski definition) is 4. The minimum absolute atomic E-state index is 0.0846. The van der Waals surface area contributed by atoms with Crippen LogP contribution in [0.2, 0.25) is 10.0 Å². The summed E-state index contributed by atoms with van der Waals surface area (Å²) in [7, 11) is 0. The zero-order valence-electron chi connectivity index (χ0n) is 8.22. The molecule has 0 unspecified atom stereocenters.